The van der Waals surface area contributed by atoms with Crippen molar-refractivity contribution in [1.82, 2.24) is 0 Å². The van der Waals surface area contributed by atoms with Crippen LogP contribution in [0.1, 0.15) is 29.5 Å². The maximum Gasteiger partial charge on any atom is 0.425 e. The molecule has 0 aliphatic heterocycles. The molecule has 1 aromatic rings. The summed E-state index contributed by atoms with van der Waals surface area (Å²) in [5, 5.41) is 0. The summed E-state index contributed by atoms with van der Waals surface area (Å²) in [6.07, 6.45) is -4.22. The first-order chi connectivity index (χ1) is 7.28. The zero-order chi connectivity index (χ0) is 12.1. The molecule has 1 nitrogen and oxygen atoms in total. The Kier molecular flexibility index (Phi) is 2.58. The van der Waals surface area contributed by atoms with Gasteiger partial charge in [0.2, 0.25) is 0 Å². The number of halogens is 3. The molecule has 90 valence electrons. The molecule has 1 fully saturated rings. The highest BCUT2D eigenvalue weighted by molar-refractivity contribution is 7.12. The molecule has 1 aliphatic carbocycles. The Labute approximate surface area is 96.5 Å². The molecule has 2 rings (SSSR count). The van der Waals surface area contributed by atoms with Crippen LogP contribution in [0.3, 0.4) is 0 Å². The van der Waals surface area contributed by atoms with Gasteiger partial charge in [0.25, 0.3) is 0 Å². The van der Waals surface area contributed by atoms with Crippen LogP contribution >= 0.6 is 11.3 Å². The zero-order valence-electron chi connectivity index (χ0n) is 9.14. The lowest BCUT2D eigenvalue weighted by Gasteiger charge is -2.01. The molecule has 0 saturated heterocycles. The van der Waals surface area contributed by atoms with Crippen molar-refractivity contribution in [1.29, 1.82) is 0 Å². The Balaban J connectivity index is 2.22. The monoisotopic (exact) mass is 249 g/mol. The van der Waals surface area contributed by atoms with Crippen molar-refractivity contribution in [3.63, 3.8) is 0 Å². The van der Waals surface area contributed by atoms with Gasteiger partial charge in [-0.3, -0.25) is 0 Å². The molecule has 5 heteroatoms. The van der Waals surface area contributed by atoms with Gasteiger partial charge < -0.3 is 5.73 Å². The molecule has 2 unspecified atom stereocenters. The van der Waals surface area contributed by atoms with Crippen LogP contribution in [-0.2, 0) is 6.18 Å². The van der Waals surface area contributed by atoms with E-state index in [4.69, 9.17) is 5.73 Å². The van der Waals surface area contributed by atoms with Gasteiger partial charge in [0, 0.05) is 10.8 Å². The fourth-order valence-electron chi connectivity index (χ4n) is 2.42. The van der Waals surface area contributed by atoms with Crippen molar-refractivity contribution in [2.24, 2.45) is 17.1 Å². The number of nitrogens with two attached hydrogens (primary N) is 1. The Bertz CT molecular complexity index is 394. The highest BCUT2D eigenvalue weighted by Crippen LogP contribution is 2.65. The Morgan fingerprint density at radius 1 is 1.38 bits per heavy atom. The lowest BCUT2D eigenvalue weighted by molar-refractivity contribution is -0.134. The third-order valence-corrected chi connectivity index (χ3v) is 4.73. The standard InChI is InChI=1S/C11H14F3NS/c1-10(2)6(5-15)9(10)7-3-4-8(16-7)11(12,13)14/h3-4,6,9H,5,15H2,1-2H3. The molecular weight excluding hydrogens is 235 g/mol. The first-order valence-electron chi connectivity index (χ1n) is 5.15. The van der Waals surface area contributed by atoms with E-state index in [2.05, 4.69) is 13.8 Å². The molecule has 2 atom stereocenters. The smallest absolute Gasteiger partial charge is 0.330 e. The molecule has 1 aromatic heterocycles. The van der Waals surface area contributed by atoms with E-state index in [1.54, 1.807) is 6.07 Å². The van der Waals surface area contributed by atoms with Gasteiger partial charge in [-0.1, -0.05) is 13.8 Å². The minimum Gasteiger partial charge on any atom is -0.330 e. The second-order valence-corrected chi connectivity index (χ2v) is 5.96. The van der Waals surface area contributed by atoms with Crippen LogP contribution in [0, 0.1) is 11.3 Å². The number of rotatable bonds is 2. The minimum atomic E-state index is -4.22. The van der Waals surface area contributed by atoms with Gasteiger partial charge in [0.15, 0.2) is 0 Å². The predicted molar refractivity (Wildman–Crippen MR) is 58.4 cm³/mol. The van der Waals surface area contributed by atoms with Crippen LogP contribution in [-0.4, -0.2) is 6.54 Å². The van der Waals surface area contributed by atoms with E-state index in [0.717, 1.165) is 16.2 Å². The molecule has 1 saturated carbocycles. The predicted octanol–water partition coefficient (Wildman–Crippen LogP) is 3.47. The molecule has 16 heavy (non-hydrogen) atoms. The summed E-state index contributed by atoms with van der Waals surface area (Å²) in [4.78, 5) is 0.300. The highest BCUT2D eigenvalue weighted by Gasteiger charge is 2.58. The largest absolute Gasteiger partial charge is 0.425 e. The van der Waals surface area contributed by atoms with Crippen LogP contribution in [0.4, 0.5) is 13.2 Å². The van der Waals surface area contributed by atoms with E-state index in [-0.39, 0.29) is 11.3 Å². The molecular formula is C11H14F3NS. The van der Waals surface area contributed by atoms with Gasteiger partial charge in [0.05, 0.1) is 0 Å². The van der Waals surface area contributed by atoms with Crippen LogP contribution in [0.5, 0.6) is 0 Å². The topological polar surface area (TPSA) is 26.0 Å². The summed E-state index contributed by atoms with van der Waals surface area (Å²) in [6, 6.07) is 2.76. The average Bonchev–Trinajstić information content (AvgIpc) is 2.57. The van der Waals surface area contributed by atoms with E-state index >= 15 is 0 Å². The summed E-state index contributed by atoms with van der Waals surface area (Å²) in [5.41, 5.74) is 5.66. The fourth-order valence-corrected chi connectivity index (χ4v) is 3.66. The van der Waals surface area contributed by atoms with E-state index in [9.17, 15) is 13.2 Å². The SMILES string of the molecule is CC1(C)C(CN)C1c1ccc(C(F)(F)F)s1. The van der Waals surface area contributed by atoms with Crippen molar-refractivity contribution < 1.29 is 13.2 Å². The molecule has 0 amide bonds. The van der Waals surface area contributed by atoms with Gasteiger partial charge in [-0.05, 0) is 30.0 Å². The van der Waals surface area contributed by atoms with E-state index in [1.807, 2.05) is 0 Å². The van der Waals surface area contributed by atoms with Crippen molar-refractivity contribution in [3.8, 4) is 0 Å². The fraction of sp³-hybridized carbons (Fsp3) is 0.636. The molecule has 1 aliphatic rings. The average molecular weight is 249 g/mol. The number of thiophene rings is 1. The molecule has 2 N–H and O–H groups in total. The summed E-state index contributed by atoms with van der Waals surface area (Å²) >= 11 is 0.851. The Hall–Kier alpha value is -0.550. The summed E-state index contributed by atoms with van der Waals surface area (Å²) in [6.45, 7) is 4.65. The summed E-state index contributed by atoms with van der Waals surface area (Å²) in [5.74, 6) is 0.505. The van der Waals surface area contributed by atoms with Gasteiger partial charge in [-0.25, -0.2) is 0 Å². The number of alkyl halides is 3. The van der Waals surface area contributed by atoms with Crippen LogP contribution in [0.25, 0.3) is 0 Å². The molecule has 1 heterocycles. The first kappa shape index (κ1) is 11.9. The molecule has 0 aromatic carbocycles. The molecule has 0 bridgehead atoms. The summed E-state index contributed by atoms with van der Waals surface area (Å²) < 4.78 is 37.3. The van der Waals surface area contributed by atoms with Crippen molar-refractivity contribution in [2.45, 2.75) is 25.9 Å². The Morgan fingerprint density at radius 3 is 2.38 bits per heavy atom. The van der Waals surface area contributed by atoms with E-state index in [0.29, 0.717) is 12.5 Å². The molecule has 0 spiro atoms. The first-order valence-corrected chi connectivity index (χ1v) is 5.97. The third-order valence-electron chi connectivity index (χ3n) is 3.52. The second-order valence-electron chi connectivity index (χ2n) is 4.84. The minimum absolute atomic E-state index is 0.0441. The van der Waals surface area contributed by atoms with E-state index in [1.165, 1.54) is 6.07 Å². The van der Waals surface area contributed by atoms with E-state index < -0.39 is 11.1 Å². The van der Waals surface area contributed by atoms with Gasteiger partial charge in [-0.2, -0.15) is 13.2 Å². The number of hydrogen-bond acceptors (Lipinski definition) is 2. The van der Waals surface area contributed by atoms with Crippen LogP contribution in [0.2, 0.25) is 0 Å². The quantitative estimate of drug-likeness (QED) is 0.853. The van der Waals surface area contributed by atoms with Gasteiger partial charge in [-0.15, -0.1) is 11.3 Å². The zero-order valence-corrected chi connectivity index (χ0v) is 9.95. The second kappa shape index (κ2) is 3.47. The van der Waals surface area contributed by atoms with Crippen molar-refractivity contribution in [2.75, 3.05) is 6.54 Å². The van der Waals surface area contributed by atoms with Crippen molar-refractivity contribution in [3.05, 3.63) is 21.9 Å². The molecule has 0 radical (unpaired) electrons. The lowest BCUT2D eigenvalue weighted by Crippen LogP contribution is -2.05. The van der Waals surface area contributed by atoms with Crippen LogP contribution < -0.4 is 5.73 Å². The maximum atomic E-state index is 12.4. The normalized spacial score (nSPS) is 28.1. The van der Waals surface area contributed by atoms with Crippen molar-refractivity contribution >= 4 is 11.3 Å². The maximum absolute atomic E-state index is 12.4. The summed E-state index contributed by atoms with van der Waals surface area (Å²) in [7, 11) is 0. The third kappa shape index (κ3) is 1.76. The van der Waals surface area contributed by atoms with Crippen LogP contribution in [0.15, 0.2) is 12.1 Å². The highest BCUT2D eigenvalue weighted by atomic mass is 32.1. The number of hydrogen-bond donors (Lipinski definition) is 1. The van der Waals surface area contributed by atoms with Gasteiger partial charge in [0.1, 0.15) is 4.88 Å². The lowest BCUT2D eigenvalue weighted by atomic mass is 10.1. The van der Waals surface area contributed by atoms with Gasteiger partial charge >= 0.3 is 6.18 Å². The Morgan fingerprint density at radius 2 is 2.00 bits per heavy atom.